The third-order valence-electron chi connectivity index (χ3n) is 3.49. The molecule has 21 heavy (non-hydrogen) atoms. The van der Waals surface area contributed by atoms with Crippen molar-refractivity contribution in [3.05, 3.63) is 12.1 Å². The number of carbonyl (C=O) groups excluding carboxylic acids is 1. The first-order chi connectivity index (χ1) is 10.1. The molecule has 1 amide bonds. The molecule has 2 rings (SSSR count). The number of ether oxygens (including phenoxy) is 1. The van der Waals surface area contributed by atoms with Crippen LogP contribution in [0.3, 0.4) is 0 Å². The fourth-order valence-electron chi connectivity index (χ4n) is 2.34. The van der Waals surface area contributed by atoms with Gasteiger partial charge in [-0.05, 0) is 38.3 Å². The number of likely N-dealkylation sites (tertiary alicyclic amines) is 1. The van der Waals surface area contributed by atoms with Crippen molar-refractivity contribution >= 4 is 17.4 Å². The summed E-state index contributed by atoms with van der Waals surface area (Å²) in [6.45, 7) is 6.15. The summed E-state index contributed by atoms with van der Waals surface area (Å²) in [5.41, 5.74) is 6.34. The van der Waals surface area contributed by atoms with Gasteiger partial charge in [0.05, 0.1) is 12.3 Å². The van der Waals surface area contributed by atoms with Crippen molar-refractivity contribution in [3.8, 4) is 5.88 Å². The molecule has 2 heterocycles. The predicted molar refractivity (Wildman–Crippen MR) is 83.3 cm³/mol. The molecule has 116 valence electrons. The number of pyridine rings is 1. The summed E-state index contributed by atoms with van der Waals surface area (Å²) in [6, 6.07) is 3.20. The lowest BCUT2D eigenvalue weighted by Crippen LogP contribution is -2.39. The van der Waals surface area contributed by atoms with E-state index in [2.05, 4.69) is 10.3 Å². The third-order valence-corrected chi connectivity index (χ3v) is 3.49. The molecule has 1 unspecified atom stereocenters. The van der Waals surface area contributed by atoms with E-state index < -0.39 is 0 Å². The van der Waals surface area contributed by atoms with Crippen molar-refractivity contribution in [2.45, 2.75) is 39.2 Å². The van der Waals surface area contributed by atoms with Crippen LogP contribution in [0.15, 0.2) is 12.1 Å². The molecule has 0 radical (unpaired) electrons. The fourth-order valence-corrected chi connectivity index (χ4v) is 2.34. The first-order valence-corrected chi connectivity index (χ1v) is 7.56. The molecule has 0 bridgehead atoms. The molecule has 1 atom stereocenters. The maximum absolute atomic E-state index is 12.3. The van der Waals surface area contributed by atoms with Crippen molar-refractivity contribution in [1.82, 2.24) is 9.88 Å². The molecule has 1 aliphatic rings. The normalized spacial score (nSPS) is 15.8. The van der Waals surface area contributed by atoms with Gasteiger partial charge in [0.2, 0.25) is 11.8 Å². The number of anilines is 2. The molecule has 6 nitrogen and oxygen atoms in total. The van der Waals surface area contributed by atoms with Crippen molar-refractivity contribution in [2.75, 3.05) is 30.7 Å². The van der Waals surface area contributed by atoms with Gasteiger partial charge in [-0.2, -0.15) is 4.98 Å². The maximum Gasteiger partial charge on any atom is 0.244 e. The number of nitrogens with two attached hydrogens (primary N) is 1. The summed E-state index contributed by atoms with van der Waals surface area (Å²) in [4.78, 5) is 18.5. The molecule has 1 aliphatic heterocycles. The van der Waals surface area contributed by atoms with E-state index in [1.807, 2.05) is 18.7 Å². The van der Waals surface area contributed by atoms with Gasteiger partial charge in [0.1, 0.15) is 11.9 Å². The summed E-state index contributed by atoms with van der Waals surface area (Å²) < 4.78 is 5.50. The highest BCUT2D eigenvalue weighted by Crippen LogP contribution is 2.21. The van der Waals surface area contributed by atoms with Gasteiger partial charge >= 0.3 is 0 Å². The van der Waals surface area contributed by atoms with Crippen LogP contribution >= 0.6 is 0 Å². The highest BCUT2D eigenvalue weighted by atomic mass is 16.5. The van der Waals surface area contributed by atoms with Crippen LogP contribution in [0.5, 0.6) is 5.88 Å². The highest BCUT2D eigenvalue weighted by Gasteiger charge is 2.23. The number of hydrogen-bond donors (Lipinski definition) is 2. The molecule has 0 aromatic carbocycles. The molecule has 1 aromatic rings. The van der Waals surface area contributed by atoms with Gasteiger partial charge in [0.25, 0.3) is 0 Å². The number of rotatable bonds is 6. The van der Waals surface area contributed by atoms with Gasteiger partial charge in [-0.3, -0.25) is 4.79 Å². The summed E-state index contributed by atoms with van der Waals surface area (Å²) in [5.74, 6) is 1.14. The monoisotopic (exact) mass is 292 g/mol. The molecule has 1 fully saturated rings. The topological polar surface area (TPSA) is 80.5 Å². The highest BCUT2D eigenvalue weighted by molar-refractivity contribution is 5.84. The van der Waals surface area contributed by atoms with Crippen LogP contribution in [-0.2, 0) is 4.79 Å². The van der Waals surface area contributed by atoms with Gasteiger partial charge in [0.15, 0.2) is 0 Å². The quantitative estimate of drug-likeness (QED) is 0.836. The summed E-state index contributed by atoms with van der Waals surface area (Å²) in [5, 5.41) is 3.12. The molecular weight excluding hydrogens is 268 g/mol. The Bertz CT molecular complexity index is 487. The summed E-state index contributed by atoms with van der Waals surface area (Å²) >= 11 is 0. The second-order valence-electron chi connectivity index (χ2n) is 5.34. The van der Waals surface area contributed by atoms with Crippen molar-refractivity contribution in [1.29, 1.82) is 0 Å². The first kappa shape index (κ1) is 15.4. The fraction of sp³-hybridized carbons (Fsp3) is 0.600. The van der Waals surface area contributed by atoms with Crippen LogP contribution in [0, 0.1) is 0 Å². The van der Waals surface area contributed by atoms with Gasteiger partial charge in [-0.15, -0.1) is 0 Å². The minimum atomic E-state index is -0.307. The zero-order valence-electron chi connectivity index (χ0n) is 12.8. The van der Waals surface area contributed by atoms with Crippen molar-refractivity contribution < 1.29 is 9.53 Å². The third kappa shape index (κ3) is 4.00. The van der Waals surface area contributed by atoms with Crippen LogP contribution in [0.2, 0.25) is 0 Å². The Morgan fingerprint density at radius 1 is 1.48 bits per heavy atom. The Balaban J connectivity index is 1.99. The van der Waals surface area contributed by atoms with Crippen LogP contribution < -0.4 is 15.8 Å². The predicted octanol–water partition coefficient (Wildman–Crippen LogP) is 1.88. The van der Waals surface area contributed by atoms with Crippen LogP contribution in [0.4, 0.5) is 11.5 Å². The Hall–Kier alpha value is -1.98. The van der Waals surface area contributed by atoms with E-state index >= 15 is 0 Å². The Morgan fingerprint density at radius 2 is 2.19 bits per heavy atom. The Labute approximate surface area is 125 Å². The van der Waals surface area contributed by atoms with Crippen LogP contribution in [0.25, 0.3) is 0 Å². The molecule has 3 N–H and O–H groups in total. The van der Waals surface area contributed by atoms with Crippen LogP contribution in [0.1, 0.15) is 33.1 Å². The zero-order chi connectivity index (χ0) is 15.2. The molecule has 0 saturated carbocycles. The molecule has 1 saturated heterocycles. The van der Waals surface area contributed by atoms with E-state index in [1.54, 1.807) is 12.1 Å². The summed E-state index contributed by atoms with van der Waals surface area (Å²) in [6.07, 6.45) is 3.07. The standard InChI is InChI=1S/C15H24N4O2/c1-3-10-21-14-12(16)6-7-13(18-14)17-11(2)15(20)19-8-4-5-9-19/h6-7,11H,3-5,8-10,16H2,1-2H3,(H,17,18). The van der Waals surface area contributed by atoms with E-state index in [0.29, 0.717) is 24.0 Å². The molecule has 6 heteroatoms. The van der Waals surface area contributed by atoms with E-state index in [0.717, 1.165) is 32.4 Å². The number of carbonyl (C=O) groups is 1. The van der Waals surface area contributed by atoms with Crippen molar-refractivity contribution in [2.24, 2.45) is 0 Å². The lowest BCUT2D eigenvalue weighted by Gasteiger charge is -2.21. The van der Waals surface area contributed by atoms with Crippen molar-refractivity contribution in [3.63, 3.8) is 0 Å². The number of nitrogens with zero attached hydrogens (tertiary/aromatic N) is 2. The van der Waals surface area contributed by atoms with Gasteiger partial charge in [-0.1, -0.05) is 6.92 Å². The lowest BCUT2D eigenvalue weighted by molar-refractivity contribution is -0.130. The minimum absolute atomic E-state index is 0.113. The van der Waals surface area contributed by atoms with Gasteiger partial charge < -0.3 is 20.7 Å². The number of nitrogens with one attached hydrogen (secondary N) is 1. The second-order valence-corrected chi connectivity index (χ2v) is 5.34. The molecule has 0 spiro atoms. The largest absolute Gasteiger partial charge is 0.476 e. The van der Waals surface area contributed by atoms with Gasteiger partial charge in [-0.25, -0.2) is 0 Å². The number of nitrogen functional groups attached to an aromatic ring is 1. The maximum atomic E-state index is 12.3. The van der Waals surface area contributed by atoms with Gasteiger partial charge in [0, 0.05) is 13.1 Å². The Morgan fingerprint density at radius 3 is 2.86 bits per heavy atom. The second kappa shape index (κ2) is 7.15. The molecule has 1 aromatic heterocycles. The average molecular weight is 292 g/mol. The van der Waals surface area contributed by atoms with E-state index in [9.17, 15) is 4.79 Å². The Kier molecular flexibility index (Phi) is 5.25. The number of hydrogen-bond acceptors (Lipinski definition) is 5. The lowest BCUT2D eigenvalue weighted by atomic mass is 10.3. The molecule has 0 aliphatic carbocycles. The van der Waals surface area contributed by atoms with Crippen LogP contribution in [-0.4, -0.2) is 41.5 Å². The smallest absolute Gasteiger partial charge is 0.244 e. The average Bonchev–Trinajstić information content (AvgIpc) is 3.01. The van der Waals surface area contributed by atoms with E-state index in [-0.39, 0.29) is 11.9 Å². The SMILES string of the molecule is CCCOc1nc(NC(C)C(=O)N2CCCC2)ccc1N. The van der Waals surface area contributed by atoms with E-state index in [1.165, 1.54) is 0 Å². The number of aromatic nitrogens is 1. The summed E-state index contributed by atoms with van der Waals surface area (Å²) in [7, 11) is 0. The zero-order valence-corrected chi connectivity index (χ0v) is 12.8. The first-order valence-electron chi connectivity index (χ1n) is 7.56. The minimum Gasteiger partial charge on any atom is -0.476 e. The number of amides is 1. The molecular formula is C15H24N4O2. The van der Waals surface area contributed by atoms with E-state index in [4.69, 9.17) is 10.5 Å².